The maximum atomic E-state index is 5.53. The van der Waals surface area contributed by atoms with Crippen LogP contribution in [0, 0.1) is 0 Å². The van der Waals surface area contributed by atoms with Crippen LogP contribution in [0.2, 0.25) is 0 Å². The molecule has 3 aliphatic rings. The molecular formula is C23H37N7. The fourth-order valence-corrected chi connectivity index (χ4v) is 3.97. The number of hydrogen-bond acceptors (Lipinski definition) is 7. The van der Waals surface area contributed by atoms with Gasteiger partial charge in [0.2, 0.25) is 0 Å². The van der Waals surface area contributed by atoms with Crippen molar-refractivity contribution < 1.29 is 0 Å². The first-order valence-corrected chi connectivity index (χ1v) is 11.4. The Kier molecular flexibility index (Phi) is 9.47. The van der Waals surface area contributed by atoms with Crippen molar-refractivity contribution in [2.75, 3.05) is 31.1 Å². The van der Waals surface area contributed by atoms with E-state index >= 15 is 0 Å². The van der Waals surface area contributed by atoms with Crippen molar-refractivity contribution >= 4 is 5.69 Å². The molecule has 30 heavy (non-hydrogen) atoms. The van der Waals surface area contributed by atoms with Gasteiger partial charge in [-0.25, -0.2) is 9.97 Å². The second-order valence-electron chi connectivity index (χ2n) is 8.30. The Morgan fingerprint density at radius 2 is 1.37 bits per heavy atom. The quantitative estimate of drug-likeness (QED) is 0.697. The molecule has 164 valence electrons. The molecule has 5 rings (SSSR count). The molecule has 7 nitrogen and oxygen atoms in total. The summed E-state index contributed by atoms with van der Waals surface area (Å²) in [7, 11) is 0. The third kappa shape index (κ3) is 7.63. The van der Waals surface area contributed by atoms with E-state index in [4.69, 9.17) is 11.5 Å². The van der Waals surface area contributed by atoms with Gasteiger partial charge in [0.15, 0.2) is 5.82 Å². The van der Waals surface area contributed by atoms with E-state index in [2.05, 4.69) is 31.2 Å². The minimum atomic E-state index is 0.546. The molecule has 0 aromatic carbocycles. The second-order valence-corrected chi connectivity index (χ2v) is 8.30. The van der Waals surface area contributed by atoms with Gasteiger partial charge >= 0.3 is 0 Å². The van der Waals surface area contributed by atoms with Crippen molar-refractivity contribution in [3.05, 3.63) is 36.8 Å². The minimum absolute atomic E-state index is 0.546. The highest BCUT2D eigenvalue weighted by atomic mass is 15.2. The van der Waals surface area contributed by atoms with Gasteiger partial charge in [0.25, 0.3) is 0 Å². The van der Waals surface area contributed by atoms with Gasteiger partial charge in [-0.05, 0) is 43.9 Å². The second kappa shape index (κ2) is 12.6. The number of hydrogen-bond donors (Lipinski definition) is 3. The Morgan fingerprint density at radius 1 is 0.800 bits per heavy atom. The largest absolute Gasteiger partial charge is 0.368 e. The Bertz CT molecular complexity index is 675. The number of anilines is 1. The normalized spacial score (nSPS) is 19.6. The van der Waals surface area contributed by atoms with E-state index in [1.54, 1.807) is 18.5 Å². The average Bonchev–Trinajstić information content (AvgIpc) is 3.49. The molecule has 0 radical (unpaired) electrons. The monoisotopic (exact) mass is 411 g/mol. The van der Waals surface area contributed by atoms with Crippen LogP contribution < -0.4 is 21.7 Å². The molecule has 2 aromatic rings. The summed E-state index contributed by atoms with van der Waals surface area (Å²) in [6.07, 6.45) is 15.9. The van der Waals surface area contributed by atoms with Crippen molar-refractivity contribution in [2.45, 2.75) is 63.5 Å². The smallest absolute Gasteiger partial charge is 0.178 e. The molecule has 0 bridgehead atoms. The molecule has 1 aliphatic heterocycles. The van der Waals surface area contributed by atoms with Crippen molar-refractivity contribution in [3.8, 4) is 11.5 Å². The lowest BCUT2D eigenvalue weighted by Gasteiger charge is -2.29. The van der Waals surface area contributed by atoms with Gasteiger partial charge in [-0.15, -0.1) is 0 Å². The van der Waals surface area contributed by atoms with Gasteiger partial charge < -0.3 is 21.7 Å². The average molecular weight is 412 g/mol. The van der Waals surface area contributed by atoms with E-state index < -0.39 is 0 Å². The predicted molar refractivity (Wildman–Crippen MR) is 123 cm³/mol. The van der Waals surface area contributed by atoms with Crippen LogP contribution in [0.3, 0.4) is 0 Å². The van der Waals surface area contributed by atoms with E-state index in [1.807, 2.05) is 12.3 Å². The Hall–Kier alpha value is -2.09. The molecular weight excluding hydrogens is 374 g/mol. The highest BCUT2D eigenvalue weighted by Gasteiger charge is 2.11. The van der Waals surface area contributed by atoms with Gasteiger partial charge in [-0.2, -0.15) is 0 Å². The molecule has 5 N–H and O–H groups in total. The van der Waals surface area contributed by atoms with Gasteiger partial charge in [0.1, 0.15) is 5.69 Å². The Morgan fingerprint density at radius 3 is 1.80 bits per heavy atom. The van der Waals surface area contributed by atoms with Crippen LogP contribution in [-0.4, -0.2) is 53.2 Å². The van der Waals surface area contributed by atoms with Crippen LogP contribution in [0.5, 0.6) is 0 Å². The summed E-state index contributed by atoms with van der Waals surface area (Å²) in [5, 5.41) is 3.34. The van der Waals surface area contributed by atoms with E-state index in [0.717, 1.165) is 37.6 Å². The molecule has 0 amide bonds. The van der Waals surface area contributed by atoms with Gasteiger partial charge in [0.05, 0.1) is 11.9 Å². The van der Waals surface area contributed by atoms with Crippen LogP contribution >= 0.6 is 0 Å². The first-order chi connectivity index (χ1) is 14.7. The number of nitrogens with one attached hydrogen (secondary N) is 1. The van der Waals surface area contributed by atoms with Crippen LogP contribution in [-0.2, 0) is 0 Å². The molecule has 0 atom stereocenters. The lowest BCUT2D eigenvalue weighted by atomic mass is 10.2. The summed E-state index contributed by atoms with van der Waals surface area (Å²) in [4.78, 5) is 15.2. The molecule has 0 spiro atoms. The maximum Gasteiger partial charge on any atom is 0.178 e. The zero-order valence-electron chi connectivity index (χ0n) is 18.0. The van der Waals surface area contributed by atoms with Crippen LogP contribution in [0.15, 0.2) is 36.8 Å². The topological polar surface area (TPSA) is 106 Å². The molecule has 2 saturated carbocycles. The predicted octanol–water partition coefficient (Wildman–Crippen LogP) is 2.72. The number of nitrogens with zero attached hydrogens (tertiary/aromatic N) is 4. The molecule has 1 saturated heterocycles. The summed E-state index contributed by atoms with van der Waals surface area (Å²) in [6.45, 7) is 4.12. The molecule has 2 aliphatic carbocycles. The zero-order valence-corrected chi connectivity index (χ0v) is 18.0. The number of aromatic nitrogens is 3. The minimum Gasteiger partial charge on any atom is -0.368 e. The SMILES string of the molecule is NC1CCCC1.NC1CCCC1.c1cnc(-c2ccc(N3CCNCC3)cn2)nc1. The van der Waals surface area contributed by atoms with Crippen LogP contribution in [0.1, 0.15) is 51.4 Å². The van der Waals surface area contributed by atoms with Crippen molar-refractivity contribution in [3.63, 3.8) is 0 Å². The summed E-state index contributed by atoms with van der Waals surface area (Å²) < 4.78 is 0. The maximum absolute atomic E-state index is 5.53. The standard InChI is InChI=1S/C13H15N5.2C5H11N/c1-4-15-13(16-5-1)12-3-2-11(10-17-12)18-8-6-14-7-9-18;2*6-5-3-1-2-4-5/h1-5,10,14H,6-9H2;2*5H,1-4,6H2. The highest BCUT2D eigenvalue weighted by molar-refractivity contribution is 5.54. The number of piperazine rings is 1. The molecule has 2 aromatic heterocycles. The van der Waals surface area contributed by atoms with Crippen LogP contribution in [0.4, 0.5) is 5.69 Å². The molecule has 7 heteroatoms. The summed E-state index contributed by atoms with van der Waals surface area (Å²) in [5.41, 5.74) is 13.0. The van der Waals surface area contributed by atoms with Gasteiger partial charge in [-0.3, -0.25) is 4.98 Å². The van der Waals surface area contributed by atoms with E-state index in [9.17, 15) is 0 Å². The fourth-order valence-electron chi connectivity index (χ4n) is 3.97. The number of pyridine rings is 1. The first-order valence-electron chi connectivity index (χ1n) is 11.4. The molecule has 0 unspecified atom stereocenters. The summed E-state index contributed by atoms with van der Waals surface area (Å²) >= 11 is 0. The fraction of sp³-hybridized carbons (Fsp3) is 0.609. The lowest BCUT2D eigenvalue weighted by molar-refractivity contribution is 0.589. The first kappa shape index (κ1) is 22.6. The van der Waals surface area contributed by atoms with Crippen molar-refractivity contribution in [1.82, 2.24) is 20.3 Å². The van der Waals surface area contributed by atoms with E-state index in [-0.39, 0.29) is 0 Å². The Labute approximate surface area is 180 Å². The highest BCUT2D eigenvalue weighted by Crippen LogP contribution is 2.18. The van der Waals surface area contributed by atoms with Gasteiger partial charge in [0, 0.05) is 50.7 Å². The van der Waals surface area contributed by atoms with Crippen molar-refractivity contribution in [2.24, 2.45) is 11.5 Å². The van der Waals surface area contributed by atoms with Gasteiger partial charge in [-0.1, -0.05) is 25.7 Å². The van der Waals surface area contributed by atoms with E-state index in [0.29, 0.717) is 17.9 Å². The summed E-state index contributed by atoms with van der Waals surface area (Å²) in [6, 6.07) is 6.96. The molecule has 3 heterocycles. The molecule has 3 fully saturated rings. The Balaban J connectivity index is 0.000000173. The number of nitrogens with two attached hydrogens (primary N) is 2. The van der Waals surface area contributed by atoms with E-state index in [1.165, 1.54) is 51.4 Å². The summed E-state index contributed by atoms with van der Waals surface area (Å²) in [5.74, 6) is 0.671. The van der Waals surface area contributed by atoms with Crippen LogP contribution in [0.25, 0.3) is 11.5 Å². The van der Waals surface area contributed by atoms with Crippen molar-refractivity contribution in [1.29, 1.82) is 0 Å². The third-order valence-corrected chi connectivity index (χ3v) is 5.82. The number of rotatable bonds is 2. The zero-order chi connectivity index (χ0) is 21.0. The third-order valence-electron chi connectivity index (χ3n) is 5.82. The lowest BCUT2D eigenvalue weighted by Crippen LogP contribution is -2.43.